The van der Waals surface area contributed by atoms with Gasteiger partial charge in [-0.2, -0.15) is 0 Å². The van der Waals surface area contributed by atoms with Gasteiger partial charge >= 0.3 is 0 Å². The molecule has 0 bridgehead atoms. The monoisotopic (exact) mass is 418 g/mol. The predicted molar refractivity (Wildman–Crippen MR) is 104 cm³/mol. The quantitative estimate of drug-likeness (QED) is 0.778. The van der Waals surface area contributed by atoms with Crippen molar-refractivity contribution < 1.29 is 9.21 Å². The van der Waals surface area contributed by atoms with Crippen LogP contribution in [0.2, 0.25) is 0 Å². The smallest absolute Gasteiger partial charge is 0.287 e. The molecule has 0 fully saturated rings. The standard InChI is InChI=1S/C19H19BrN2O2S/c1-10-16-14(7-8-15-17(16)22-11(2)25-15)24-18(10)19(23)21-9-12-3-5-13(20)6-4-12/h3-6,15,17H,7-9H2,1-2H3,(H,21,23). The Bertz CT molecular complexity index is 857. The molecule has 130 valence electrons. The molecule has 1 aliphatic heterocycles. The molecule has 2 heterocycles. The van der Waals surface area contributed by atoms with Crippen molar-refractivity contribution in [1.29, 1.82) is 0 Å². The Labute approximate surface area is 159 Å². The average Bonchev–Trinajstić information content (AvgIpc) is 3.13. The summed E-state index contributed by atoms with van der Waals surface area (Å²) in [6.45, 7) is 4.52. The molecular weight excluding hydrogens is 400 g/mol. The lowest BCUT2D eigenvalue weighted by molar-refractivity contribution is 0.0920. The number of hydrogen-bond donors (Lipinski definition) is 1. The van der Waals surface area contributed by atoms with Crippen LogP contribution in [0.1, 0.15) is 52.4 Å². The lowest BCUT2D eigenvalue weighted by atomic mass is 9.90. The van der Waals surface area contributed by atoms with Gasteiger partial charge < -0.3 is 9.73 Å². The fraction of sp³-hybridized carbons (Fsp3) is 0.368. The first-order valence-corrected chi connectivity index (χ1v) is 10.1. The zero-order valence-corrected chi connectivity index (χ0v) is 16.5. The van der Waals surface area contributed by atoms with Gasteiger partial charge in [-0.25, -0.2) is 0 Å². The third-order valence-electron chi connectivity index (χ3n) is 4.79. The Kier molecular flexibility index (Phi) is 4.50. The van der Waals surface area contributed by atoms with Crippen LogP contribution in [0.5, 0.6) is 0 Å². The number of halogens is 1. The minimum atomic E-state index is -0.155. The molecule has 4 nitrogen and oxygen atoms in total. The number of nitrogens with zero attached hydrogens (tertiary/aromatic N) is 1. The Balaban J connectivity index is 1.54. The molecule has 2 aliphatic rings. The third-order valence-corrected chi connectivity index (χ3v) is 6.56. The van der Waals surface area contributed by atoms with Crippen molar-refractivity contribution in [3.05, 3.63) is 56.9 Å². The van der Waals surface area contributed by atoms with Crippen LogP contribution in [0.15, 0.2) is 38.1 Å². The Morgan fingerprint density at radius 2 is 2.12 bits per heavy atom. The van der Waals surface area contributed by atoms with Crippen LogP contribution in [0.25, 0.3) is 0 Å². The largest absolute Gasteiger partial charge is 0.455 e. The highest BCUT2D eigenvalue weighted by Gasteiger charge is 2.39. The minimum Gasteiger partial charge on any atom is -0.455 e. The first kappa shape index (κ1) is 16.9. The summed E-state index contributed by atoms with van der Waals surface area (Å²) in [6.07, 6.45) is 1.93. The topological polar surface area (TPSA) is 54.6 Å². The van der Waals surface area contributed by atoms with Gasteiger partial charge in [0.05, 0.1) is 11.1 Å². The summed E-state index contributed by atoms with van der Waals surface area (Å²) in [5, 5.41) is 4.58. The number of nitrogens with one attached hydrogen (secondary N) is 1. The van der Waals surface area contributed by atoms with Gasteiger partial charge in [0, 0.05) is 33.8 Å². The molecule has 0 spiro atoms. The molecule has 6 heteroatoms. The predicted octanol–water partition coefficient (Wildman–Crippen LogP) is 4.80. The van der Waals surface area contributed by atoms with Crippen molar-refractivity contribution in [1.82, 2.24) is 5.32 Å². The van der Waals surface area contributed by atoms with E-state index in [1.54, 1.807) is 0 Å². The van der Waals surface area contributed by atoms with Crippen LogP contribution in [-0.4, -0.2) is 16.2 Å². The second-order valence-corrected chi connectivity index (χ2v) is 8.84. The van der Waals surface area contributed by atoms with E-state index < -0.39 is 0 Å². The van der Waals surface area contributed by atoms with Crippen molar-refractivity contribution in [2.75, 3.05) is 0 Å². The molecule has 2 atom stereocenters. The second-order valence-electron chi connectivity index (χ2n) is 6.49. The summed E-state index contributed by atoms with van der Waals surface area (Å²) >= 11 is 5.27. The number of hydrogen-bond acceptors (Lipinski definition) is 4. The number of rotatable bonds is 3. The molecule has 1 aromatic carbocycles. The van der Waals surface area contributed by atoms with Gasteiger partial charge in [-0.3, -0.25) is 9.79 Å². The molecule has 1 aromatic heterocycles. The molecule has 0 saturated carbocycles. The first-order chi connectivity index (χ1) is 12.0. The van der Waals surface area contributed by atoms with Gasteiger partial charge in [0.1, 0.15) is 5.76 Å². The van der Waals surface area contributed by atoms with E-state index in [0.717, 1.165) is 44.8 Å². The molecule has 2 unspecified atom stereocenters. The van der Waals surface area contributed by atoms with Crippen LogP contribution in [0.4, 0.5) is 0 Å². The number of carbonyl (C=O) groups is 1. The van der Waals surface area contributed by atoms with Crippen LogP contribution < -0.4 is 5.32 Å². The minimum absolute atomic E-state index is 0.144. The van der Waals surface area contributed by atoms with Crippen molar-refractivity contribution in [2.24, 2.45) is 4.99 Å². The maximum Gasteiger partial charge on any atom is 0.287 e. The third kappa shape index (κ3) is 3.17. The SMILES string of the molecule is CC1=NC2c3c(oc(C(=O)NCc4ccc(Br)cc4)c3C)CCC2S1. The summed E-state index contributed by atoms with van der Waals surface area (Å²) in [4.78, 5) is 17.4. The number of fused-ring (bicyclic) bond motifs is 3. The highest BCUT2D eigenvalue weighted by molar-refractivity contribution is 9.10. The zero-order chi connectivity index (χ0) is 17.6. The van der Waals surface area contributed by atoms with E-state index in [9.17, 15) is 4.79 Å². The van der Waals surface area contributed by atoms with Crippen molar-refractivity contribution >= 4 is 38.6 Å². The van der Waals surface area contributed by atoms with E-state index in [4.69, 9.17) is 9.41 Å². The van der Waals surface area contributed by atoms with E-state index >= 15 is 0 Å². The molecule has 1 aliphatic carbocycles. The van der Waals surface area contributed by atoms with E-state index in [2.05, 4.69) is 28.2 Å². The van der Waals surface area contributed by atoms with E-state index in [0.29, 0.717) is 17.6 Å². The lowest BCUT2D eigenvalue weighted by Gasteiger charge is -2.22. The summed E-state index contributed by atoms with van der Waals surface area (Å²) in [7, 11) is 0. The van der Waals surface area contributed by atoms with Gasteiger partial charge in [-0.1, -0.05) is 28.1 Å². The van der Waals surface area contributed by atoms with E-state index in [1.807, 2.05) is 43.0 Å². The molecule has 25 heavy (non-hydrogen) atoms. The maximum absolute atomic E-state index is 12.6. The van der Waals surface area contributed by atoms with Crippen molar-refractivity contribution in [2.45, 2.75) is 44.5 Å². The van der Waals surface area contributed by atoms with Gasteiger partial charge in [0.15, 0.2) is 5.76 Å². The van der Waals surface area contributed by atoms with Gasteiger partial charge in [0.2, 0.25) is 0 Å². The van der Waals surface area contributed by atoms with Crippen molar-refractivity contribution in [3.63, 3.8) is 0 Å². The first-order valence-electron chi connectivity index (χ1n) is 8.39. The number of carbonyl (C=O) groups excluding carboxylic acids is 1. The fourth-order valence-corrected chi connectivity index (χ4v) is 5.01. The van der Waals surface area contributed by atoms with Gasteiger partial charge in [0.25, 0.3) is 5.91 Å². The Morgan fingerprint density at radius 3 is 2.88 bits per heavy atom. The van der Waals surface area contributed by atoms with Gasteiger partial charge in [-0.05, 0) is 38.0 Å². The molecule has 2 aromatic rings. The molecule has 0 radical (unpaired) electrons. The number of thioether (sulfide) groups is 1. The van der Waals surface area contributed by atoms with E-state index in [1.165, 1.54) is 0 Å². The van der Waals surface area contributed by atoms with Gasteiger partial charge in [-0.15, -0.1) is 11.8 Å². The number of aryl methyl sites for hydroxylation is 1. The number of aliphatic imine (C=N–C) groups is 1. The maximum atomic E-state index is 12.6. The molecule has 1 amide bonds. The van der Waals surface area contributed by atoms with E-state index in [-0.39, 0.29) is 11.9 Å². The van der Waals surface area contributed by atoms with Crippen molar-refractivity contribution in [3.8, 4) is 0 Å². The highest BCUT2D eigenvalue weighted by atomic mass is 79.9. The second kappa shape index (κ2) is 6.65. The zero-order valence-electron chi connectivity index (χ0n) is 14.1. The highest BCUT2D eigenvalue weighted by Crippen LogP contribution is 2.47. The normalized spacial score (nSPS) is 21.5. The number of amides is 1. The summed E-state index contributed by atoms with van der Waals surface area (Å²) in [6, 6.07) is 8.06. The molecule has 1 N–H and O–H groups in total. The average molecular weight is 419 g/mol. The molecule has 0 saturated heterocycles. The Morgan fingerprint density at radius 1 is 1.36 bits per heavy atom. The number of benzene rings is 1. The van der Waals surface area contributed by atoms with Crippen LogP contribution >= 0.6 is 27.7 Å². The van der Waals surface area contributed by atoms with Crippen LogP contribution in [0, 0.1) is 6.92 Å². The fourth-order valence-electron chi connectivity index (χ4n) is 3.57. The summed E-state index contributed by atoms with van der Waals surface area (Å²) in [5.74, 6) is 1.22. The summed E-state index contributed by atoms with van der Waals surface area (Å²) < 4.78 is 6.98. The van der Waals surface area contributed by atoms with Crippen LogP contribution in [0.3, 0.4) is 0 Å². The summed E-state index contributed by atoms with van der Waals surface area (Å²) in [5.41, 5.74) is 3.13. The Hall–Kier alpha value is -1.53. The molecule has 4 rings (SSSR count). The van der Waals surface area contributed by atoms with Crippen LogP contribution in [-0.2, 0) is 13.0 Å². The number of furan rings is 1. The molecular formula is C19H19BrN2O2S. The lowest BCUT2D eigenvalue weighted by Crippen LogP contribution is -2.23.